The molecule has 0 atom stereocenters. The van der Waals surface area contributed by atoms with Gasteiger partial charge in [0.05, 0.1) is 5.56 Å². The third-order valence-corrected chi connectivity index (χ3v) is 2.61. The first-order chi connectivity index (χ1) is 9.06. The minimum atomic E-state index is -0.384. The first-order valence-electron chi connectivity index (χ1n) is 5.66. The van der Waals surface area contributed by atoms with Crippen molar-refractivity contribution in [3.63, 3.8) is 0 Å². The normalized spacial score (nSPS) is 10.7. The van der Waals surface area contributed by atoms with E-state index in [4.69, 9.17) is 5.73 Å². The summed E-state index contributed by atoms with van der Waals surface area (Å²) in [6, 6.07) is 10.8. The molecule has 19 heavy (non-hydrogen) atoms. The number of benzene rings is 2. The van der Waals surface area contributed by atoms with Gasteiger partial charge in [-0.15, -0.1) is 0 Å². The van der Waals surface area contributed by atoms with Gasteiger partial charge in [0.25, 0.3) is 0 Å². The number of carbonyl (C=O) groups excluding carboxylic acids is 1. The number of allylic oxidation sites excluding steroid dienone is 1. The van der Waals surface area contributed by atoms with Gasteiger partial charge in [0.2, 0.25) is 0 Å². The smallest absolute Gasteiger partial charge is 0.189 e. The van der Waals surface area contributed by atoms with Crippen molar-refractivity contribution in [1.29, 1.82) is 0 Å². The highest BCUT2D eigenvalue weighted by molar-refractivity contribution is 6.08. The molecule has 0 heterocycles. The summed E-state index contributed by atoms with van der Waals surface area (Å²) in [5.74, 6) is -0.614. The summed E-state index contributed by atoms with van der Waals surface area (Å²) in [6.45, 7) is 0. The minimum Gasteiger partial charge on any atom is -0.508 e. The fraction of sp³-hybridized carbons (Fsp3) is 0. The Morgan fingerprint density at radius 3 is 2.42 bits per heavy atom. The molecular weight excluding hydrogens is 242 g/mol. The Kier molecular flexibility index (Phi) is 3.52. The molecule has 2 rings (SSSR count). The number of aromatic hydroxyl groups is 2. The second-order valence-electron chi connectivity index (χ2n) is 4.07. The molecule has 0 spiro atoms. The Hall–Kier alpha value is -2.75. The number of anilines is 1. The van der Waals surface area contributed by atoms with E-state index in [9.17, 15) is 15.0 Å². The monoisotopic (exact) mass is 255 g/mol. The number of phenols is 2. The molecule has 0 aliphatic heterocycles. The molecule has 0 saturated carbocycles. The third kappa shape index (κ3) is 3.13. The largest absolute Gasteiger partial charge is 0.508 e. The van der Waals surface area contributed by atoms with E-state index in [-0.39, 0.29) is 22.8 Å². The average molecular weight is 255 g/mol. The van der Waals surface area contributed by atoms with Gasteiger partial charge in [-0.1, -0.05) is 18.2 Å². The number of nitrogen functional groups attached to an aromatic ring is 1. The first-order valence-corrected chi connectivity index (χ1v) is 5.66. The van der Waals surface area contributed by atoms with Crippen LogP contribution in [-0.4, -0.2) is 16.0 Å². The van der Waals surface area contributed by atoms with Crippen molar-refractivity contribution < 1.29 is 15.0 Å². The summed E-state index contributed by atoms with van der Waals surface area (Å²) < 4.78 is 0. The lowest BCUT2D eigenvalue weighted by molar-refractivity contribution is 0.104. The highest BCUT2D eigenvalue weighted by Gasteiger charge is 2.08. The van der Waals surface area contributed by atoms with E-state index in [1.165, 1.54) is 24.3 Å². The van der Waals surface area contributed by atoms with Gasteiger partial charge in [-0.05, 0) is 42.0 Å². The van der Waals surface area contributed by atoms with Crippen molar-refractivity contribution in [3.8, 4) is 11.5 Å². The van der Waals surface area contributed by atoms with Crippen LogP contribution < -0.4 is 5.73 Å². The fourth-order valence-corrected chi connectivity index (χ4v) is 1.59. The van der Waals surface area contributed by atoms with Crippen LogP contribution in [0.4, 0.5) is 5.69 Å². The van der Waals surface area contributed by atoms with Crippen molar-refractivity contribution in [2.45, 2.75) is 0 Å². The lowest BCUT2D eigenvalue weighted by Gasteiger charge is -2.01. The maximum absolute atomic E-state index is 11.9. The van der Waals surface area contributed by atoms with E-state index < -0.39 is 0 Å². The molecule has 4 heteroatoms. The predicted octanol–water partition coefficient (Wildman–Crippen LogP) is 2.58. The van der Waals surface area contributed by atoms with E-state index >= 15 is 0 Å². The molecule has 0 aromatic heterocycles. The second-order valence-corrected chi connectivity index (χ2v) is 4.07. The molecule has 4 nitrogen and oxygen atoms in total. The lowest BCUT2D eigenvalue weighted by atomic mass is 10.1. The fourth-order valence-electron chi connectivity index (χ4n) is 1.59. The maximum atomic E-state index is 11.9. The van der Waals surface area contributed by atoms with Gasteiger partial charge < -0.3 is 15.9 Å². The summed E-state index contributed by atoms with van der Waals surface area (Å²) in [5.41, 5.74) is 7.09. The molecular formula is C15H13NO3. The molecule has 0 fully saturated rings. The number of carbonyl (C=O) groups is 1. The zero-order chi connectivity index (χ0) is 13.8. The summed E-state index contributed by atoms with van der Waals surface area (Å²) in [6.07, 6.45) is 2.95. The van der Waals surface area contributed by atoms with Crippen LogP contribution in [0.25, 0.3) is 6.08 Å². The van der Waals surface area contributed by atoms with E-state index in [2.05, 4.69) is 0 Å². The van der Waals surface area contributed by atoms with Crippen molar-refractivity contribution in [2.24, 2.45) is 0 Å². The number of hydrogen-bond acceptors (Lipinski definition) is 4. The number of phenolic OH excluding ortho intramolecular Hbond substituents is 2. The van der Waals surface area contributed by atoms with Crippen LogP contribution in [0.1, 0.15) is 15.9 Å². The van der Waals surface area contributed by atoms with Crippen LogP contribution in [0, 0.1) is 0 Å². The van der Waals surface area contributed by atoms with Gasteiger partial charge in [0.15, 0.2) is 5.78 Å². The van der Waals surface area contributed by atoms with Crippen LogP contribution in [0.15, 0.2) is 48.5 Å². The summed E-state index contributed by atoms with van der Waals surface area (Å²) >= 11 is 0. The summed E-state index contributed by atoms with van der Waals surface area (Å²) in [5, 5.41) is 18.9. The van der Waals surface area contributed by atoms with Gasteiger partial charge in [-0.3, -0.25) is 4.79 Å². The zero-order valence-corrected chi connectivity index (χ0v) is 10.1. The highest BCUT2D eigenvalue weighted by atomic mass is 16.3. The molecule has 0 bridgehead atoms. The van der Waals surface area contributed by atoms with Crippen LogP contribution in [0.2, 0.25) is 0 Å². The van der Waals surface area contributed by atoms with Gasteiger partial charge in [0, 0.05) is 5.69 Å². The van der Waals surface area contributed by atoms with E-state index in [0.717, 1.165) is 5.56 Å². The molecule has 0 amide bonds. The van der Waals surface area contributed by atoms with Crippen molar-refractivity contribution >= 4 is 17.5 Å². The van der Waals surface area contributed by atoms with Crippen LogP contribution in [-0.2, 0) is 0 Å². The predicted molar refractivity (Wildman–Crippen MR) is 74.0 cm³/mol. The standard InChI is InChI=1S/C15H13NO3/c16-11-4-1-10(2-5-11)3-7-14(18)13-9-12(17)6-8-15(13)19/h1-9,17,19H,16H2/b7-3+. The maximum Gasteiger partial charge on any atom is 0.189 e. The number of nitrogens with two attached hydrogens (primary N) is 1. The zero-order valence-electron chi connectivity index (χ0n) is 10.1. The molecule has 0 radical (unpaired) electrons. The van der Waals surface area contributed by atoms with Crippen molar-refractivity contribution in [1.82, 2.24) is 0 Å². The lowest BCUT2D eigenvalue weighted by Crippen LogP contribution is -1.94. The molecule has 2 aromatic carbocycles. The molecule has 4 N–H and O–H groups in total. The van der Waals surface area contributed by atoms with Gasteiger partial charge >= 0.3 is 0 Å². The quantitative estimate of drug-likeness (QED) is 0.340. The third-order valence-electron chi connectivity index (χ3n) is 2.61. The molecule has 0 unspecified atom stereocenters. The summed E-state index contributed by atoms with van der Waals surface area (Å²) in [7, 11) is 0. The highest BCUT2D eigenvalue weighted by Crippen LogP contribution is 2.23. The Morgan fingerprint density at radius 1 is 1.05 bits per heavy atom. The van der Waals surface area contributed by atoms with Crippen molar-refractivity contribution in [3.05, 3.63) is 59.7 Å². The van der Waals surface area contributed by atoms with Crippen molar-refractivity contribution in [2.75, 3.05) is 5.73 Å². The molecule has 0 aliphatic rings. The number of hydrogen-bond donors (Lipinski definition) is 3. The molecule has 2 aromatic rings. The van der Waals surface area contributed by atoms with E-state index in [1.54, 1.807) is 30.3 Å². The van der Waals surface area contributed by atoms with Crippen LogP contribution >= 0.6 is 0 Å². The Labute approximate surface area is 110 Å². The Balaban J connectivity index is 2.21. The Bertz CT molecular complexity index is 630. The number of rotatable bonds is 3. The van der Waals surface area contributed by atoms with Gasteiger partial charge in [-0.25, -0.2) is 0 Å². The number of ketones is 1. The van der Waals surface area contributed by atoms with E-state index in [1.807, 2.05) is 0 Å². The Morgan fingerprint density at radius 2 is 1.74 bits per heavy atom. The second kappa shape index (κ2) is 5.27. The molecule has 0 aliphatic carbocycles. The first kappa shape index (κ1) is 12.7. The van der Waals surface area contributed by atoms with Gasteiger partial charge in [-0.2, -0.15) is 0 Å². The molecule has 0 saturated heterocycles. The van der Waals surface area contributed by atoms with Crippen LogP contribution in [0.5, 0.6) is 11.5 Å². The van der Waals surface area contributed by atoms with E-state index in [0.29, 0.717) is 5.69 Å². The van der Waals surface area contributed by atoms with Gasteiger partial charge in [0.1, 0.15) is 11.5 Å². The topological polar surface area (TPSA) is 83.6 Å². The average Bonchev–Trinajstić information content (AvgIpc) is 2.40. The minimum absolute atomic E-state index is 0.0618. The summed E-state index contributed by atoms with van der Waals surface area (Å²) in [4.78, 5) is 11.9. The SMILES string of the molecule is Nc1ccc(/C=C/C(=O)c2cc(O)ccc2O)cc1. The molecule has 96 valence electrons. The van der Waals surface area contributed by atoms with Crippen LogP contribution in [0.3, 0.4) is 0 Å².